The number of benzene rings is 6. The molecule has 8 rings (SSSR count). The van der Waals surface area contributed by atoms with Crippen molar-refractivity contribution in [3.63, 3.8) is 0 Å². The van der Waals surface area contributed by atoms with E-state index in [-0.39, 0.29) is 66.2 Å². The molecule has 0 aliphatic carbocycles. The van der Waals surface area contributed by atoms with Crippen molar-refractivity contribution < 1.29 is 63.2 Å². The molecule has 0 saturated heterocycles. The molecule has 0 atom stereocenters. The van der Waals surface area contributed by atoms with Crippen LogP contribution in [0, 0.1) is 6.07 Å². The summed E-state index contributed by atoms with van der Waals surface area (Å²) in [5, 5.41) is 13.0. The molecule has 0 saturated carbocycles. The number of para-hydroxylation sites is 1. The molecule has 0 bridgehead atoms. The van der Waals surface area contributed by atoms with E-state index in [1.165, 1.54) is 22.8 Å². The topological polar surface area (TPSA) is 50.9 Å². The Morgan fingerprint density at radius 1 is 0.694 bits per heavy atom. The molecule has 4 nitrogen and oxygen atoms in total. The molecular formula is C57H58N3OPt-. The Morgan fingerprint density at radius 3 is 2.10 bits per heavy atom. The van der Waals surface area contributed by atoms with Gasteiger partial charge in [-0.25, -0.2) is 4.98 Å². The third-order valence-corrected chi connectivity index (χ3v) is 10.4. The van der Waals surface area contributed by atoms with Crippen LogP contribution in [0.4, 0.5) is 0 Å². The molecule has 2 heterocycles. The Morgan fingerprint density at radius 2 is 1.40 bits per heavy atom. The molecule has 5 heteroatoms. The van der Waals surface area contributed by atoms with Crippen LogP contribution in [-0.4, -0.2) is 19.6 Å². The first-order valence-electron chi connectivity index (χ1n) is 32.7. The molecule has 318 valence electrons. The Kier molecular flexibility index (Phi) is 5.93. The second-order valence-corrected chi connectivity index (χ2v) is 16.1. The molecule has 1 N–H and O–H groups in total. The fourth-order valence-corrected chi connectivity index (χ4v) is 7.24. The minimum absolute atomic E-state index is 0. The van der Waals surface area contributed by atoms with Gasteiger partial charge in [0.1, 0.15) is 11.6 Å². The second kappa shape index (κ2) is 16.9. The number of phenols is 1. The Labute approximate surface area is 421 Å². The molecule has 0 amide bonds. The molecule has 8 aromatic rings. The molecule has 62 heavy (non-hydrogen) atoms. The molecule has 0 fully saturated rings. The normalized spacial score (nSPS) is 19.9. The van der Waals surface area contributed by atoms with Crippen LogP contribution >= 0.6 is 0 Å². The summed E-state index contributed by atoms with van der Waals surface area (Å²) in [5.41, 5.74) is -12.2. The van der Waals surface area contributed by atoms with Crippen LogP contribution in [-0.2, 0) is 37.3 Å². The maximum absolute atomic E-state index is 13.0. The van der Waals surface area contributed by atoms with E-state index in [9.17, 15) is 7.85 Å². The Bertz CT molecular complexity index is 3990. The zero-order valence-electron chi connectivity index (χ0n) is 61.3. The van der Waals surface area contributed by atoms with E-state index >= 15 is 0 Å². The molecule has 0 radical (unpaired) electrons. The summed E-state index contributed by atoms with van der Waals surface area (Å²) < 4.78 is 238. The quantitative estimate of drug-likeness (QED) is 0.162. The fraction of sp³-hybridized carbons (Fsp3) is 0.263. The predicted molar refractivity (Wildman–Crippen MR) is 257 cm³/mol. The smallest absolute Gasteiger partial charge is 0.148 e. The van der Waals surface area contributed by atoms with Gasteiger partial charge in [0.15, 0.2) is 0 Å². The fourth-order valence-electron chi connectivity index (χ4n) is 7.24. The van der Waals surface area contributed by atoms with Crippen LogP contribution in [0.3, 0.4) is 0 Å². The summed E-state index contributed by atoms with van der Waals surface area (Å²) in [7, 11) is 0. The summed E-state index contributed by atoms with van der Waals surface area (Å²) in [5.74, 6) is -3.57. The van der Waals surface area contributed by atoms with Crippen molar-refractivity contribution in [3.05, 3.63) is 168 Å². The molecule has 0 aliphatic heterocycles. The number of fused-ring (bicyclic) bond motifs is 1. The maximum atomic E-state index is 13.0. The SMILES string of the molecule is [2H]c1nc(-c2[c-]c(-c3cccc4c3nc(-c3cc(C(C([2H])([2H])[2H])(C([2H])([2H])[2H])C([2H])([2H])[2H])cc(C(C([2H])([2H])[2H])(C([2H])([2H])[2H])C([2H])([2H])[2H])c3O)n4-c3ccc(-c4ccccc4)c(C([2H])(C)C)c3)cc(C(C)(C)C)c2)c([2H])c(-c2c([2H])c([2H])c([2H])c([2H])c2[2H])c1[2H].[Pt]. The van der Waals surface area contributed by atoms with E-state index in [1.54, 1.807) is 74.5 Å². The number of hydrogen-bond donors (Lipinski definition) is 1. The number of aromatic hydroxyl groups is 1. The zero-order chi connectivity index (χ0) is 66.3. The van der Waals surface area contributed by atoms with Crippen molar-refractivity contribution in [3.8, 4) is 67.5 Å². The van der Waals surface area contributed by atoms with Gasteiger partial charge < -0.3 is 5.11 Å². The van der Waals surface area contributed by atoms with Gasteiger partial charge in [0.2, 0.25) is 0 Å². The van der Waals surface area contributed by atoms with Crippen molar-refractivity contribution in [2.45, 2.75) is 97.9 Å². The summed E-state index contributed by atoms with van der Waals surface area (Å²) in [6.45, 7) is -16.5. The molecule has 0 aliphatic rings. The third-order valence-electron chi connectivity index (χ3n) is 10.4. The Balaban J connectivity index is 0.0000113. The van der Waals surface area contributed by atoms with Gasteiger partial charge in [-0.15, -0.1) is 29.3 Å². The van der Waals surface area contributed by atoms with E-state index in [4.69, 9.17) is 39.3 Å². The maximum Gasteiger partial charge on any atom is 0.148 e. The molecular weight excluding hydrogens is 938 g/mol. The predicted octanol–water partition coefficient (Wildman–Crippen LogP) is 15.3. The minimum Gasteiger partial charge on any atom is -0.507 e. The average Bonchev–Trinajstić information content (AvgIpc) is 1.01. The van der Waals surface area contributed by atoms with Crippen molar-refractivity contribution in [2.24, 2.45) is 0 Å². The summed E-state index contributed by atoms with van der Waals surface area (Å²) in [6.07, 6.45) is -0.747. The van der Waals surface area contributed by atoms with Crippen molar-refractivity contribution in [1.29, 1.82) is 0 Å². The number of aromatic nitrogens is 3. The van der Waals surface area contributed by atoms with E-state index in [2.05, 4.69) is 11.1 Å². The zero-order valence-corrected chi connectivity index (χ0v) is 36.5. The summed E-state index contributed by atoms with van der Waals surface area (Å²) in [4.78, 5) is 9.31. The first kappa shape index (κ1) is 21.7. The summed E-state index contributed by atoms with van der Waals surface area (Å²) in [6, 6.07) is 20.3. The first-order valence-corrected chi connectivity index (χ1v) is 19.2. The molecule has 6 aromatic carbocycles. The van der Waals surface area contributed by atoms with Gasteiger partial charge in [0.05, 0.1) is 27.6 Å². The van der Waals surface area contributed by atoms with Crippen molar-refractivity contribution in [1.82, 2.24) is 14.5 Å². The summed E-state index contributed by atoms with van der Waals surface area (Å²) >= 11 is 0. The van der Waals surface area contributed by atoms with Gasteiger partial charge in [0, 0.05) is 70.2 Å². The second-order valence-electron chi connectivity index (χ2n) is 16.1. The van der Waals surface area contributed by atoms with Crippen LogP contribution in [0.5, 0.6) is 5.75 Å². The molecule has 2 aromatic heterocycles. The minimum atomic E-state index is -4.25. The third kappa shape index (κ3) is 8.73. The van der Waals surface area contributed by atoms with Crippen molar-refractivity contribution >= 4 is 11.0 Å². The van der Waals surface area contributed by atoms with Gasteiger partial charge >= 0.3 is 0 Å². The van der Waals surface area contributed by atoms with Crippen molar-refractivity contribution in [2.75, 3.05) is 0 Å². The van der Waals surface area contributed by atoms with Crippen LogP contribution in [0.2, 0.25) is 0 Å². The van der Waals surface area contributed by atoms with E-state index in [0.29, 0.717) is 28.3 Å². The van der Waals surface area contributed by atoms with E-state index < -0.39 is 151 Å². The Hall–Kier alpha value is -5.57. The molecule has 0 unspecified atom stereocenters. The molecule has 0 spiro atoms. The largest absolute Gasteiger partial charge is 0.507 e. The number of phenolic OH excluding ortho intramolecular Hbond substituents is 1. The van der Waals surface area contributed by atoms with Gasteiger partial charge in [-0.2, -0.15) is 0 Å². The number of pyridine rings is 1. The number of imidazole rings is 1. The number of hydrogen-bond acceptors (Lipinski definition) is 3. The van der Waals surface area contributed by atoms with E-state index in [1.807, 2.05) is 20.8 Å². The van der Waals surface area contributed by atoms with Crippen LogP contribution < -0.4 is 0 Å². The van der Waals surface area contributed by atoms with Crippen LogP contribution in [0.15, 0.2) is 139 Å². The monoisotopic (exact) mass is 1020 g/mol. The van der Waals surface area contributed by atoms with Gasteiger partial charge in [-0.3, -0.25) is 9.55 Å². The van der Waals surface area contributed by atoms with E-state index in [0.717, 1.165) is 0 Å². The number of nitrogens with zero attached hydrogens (tertiary/aromatic N) is 3. The van der Waals surface area contributed by atoms with Gasteiger partial charge in [-0.05, 0) is 85.8 Å². The van der Waals surface area contributed by atoms with Gasteiger partial charge in [0.25, 0.3) is 0 Å². The van der Waals surface area contributed by atoms with Gasteiger partial charge in [-0.1, -0.05) is 178 Å². The van der Waals surface area contributed by atoms with Crippen LogP contribution in [0.25, 0.3) is 72.7 Å². The average molecular weight is 1020 g/mol. The standard InChI is InChI=1S/C57H58N3O.Pt/c1-36(2)47-35-44(25-26-45(47)38-21-16-13-17-22-38)60-51-24-18-23-46(52(51)59-54(60)48-33-43(56(6,7)8)34-49(53(48)61)57(9,10)11)40-29-41(31-42(30-40)55(3,4)5)50-32-39(27-28-58-50)37-19-14-12-15-20-37;/h12-28,30-36,61H,1-11H3;/q-1;/i6D3,7D3,8D3,9D3,10D3,11D3,12D,14D,15D,19D,20D,27D,28D,32D,36D;. The van der Waals surface area contributed by atoms with Crippen LogP contribution in [0.1, 0.15) is 141 Å². The number of rotatable bonds is 7. The first-order chi connectivity index (χ1) is 40.0.